The number of hydrogen-bond donors (Lipinski definition) is 0. The predicted molar refractivity (Wildman–Crippen MR) is 86.1 cm³/mol. The van der Waals surface area contributed by atoms with E-state index in [1.807, 2.05) is 43.4 Å². The topological polar surface area (TPSA) is 12.5 Å². The molecule has 0 N–H and O–H groups in total. The average Bonchev–Trinajstić information content (AvgIpc) is 2.47. The summed E-state index contributed by atoms with van der Waals surface area (Å²) < 4.78 is 5.25. The second kappa shape index (κ2) is 6.87. The Morgan fingerprint density at radius 1 is 1.15 bits per heavy atom. The number of benzene rings is 2. The van der Waals surface area contributed by atoms with E-state index in [9.17, 15) is 0 Å². The lowest BCUT2D eigenvalue weighted by atomic mass is 10.1. The highest BCUT2D eigenvalue weighted by molar-refractivity contribution is 6.31. The van der Waals surface area contributed by atoms with Gasteiger partial charge in [-0.15, -0.1) is 11.6 Å². The van der Waals surface area contributed by atoms with Crippen LogP contribution in [0.25, 0.3) is 0 Å². The minimum Gasteiger partial charge on any atom is -0.497 e. The normalized spacial score (nSPS) is 10.4. The first-order valence-corrected chi connectivity index (χ1v) is 7.23. The van der Waals surface area contributed by atoms with Gasteiger partial charge in [0.1, 0.15) is 5.75 Å². The number of methoxy groups -OCH3 is 1. The van der Waals surface area contributed by atoms with Crippen LogP contribution in [0.4, 0.5) is 5.69 Å². The fourth-order valence-corrected chi connectivity index (χ4v) is 2.53. The van der Waals surface area contributed by atoms with Crippen LogP contribution in [0.2, 0.25) is 5.02 Å². The van der Waals surface area contributed by atoms with Crippen LogP contribution < -0.4 is 9.64 Å². The third-order valence-corrected chi connectivity index (χ3v) is 3.68. The van der Waals surface area contributed by atoms with Gasteiger partial charge in [0.25, 0.3) is 0 Å². The fraction of sp³-hybridized carbons (Fsp3) is 0.250. The lowest BCUT2D eigenvalue weighted by Gasteiger charge is -2.22. The molecule has 2 rings (SSSR count). The molecule has 2 nitrogen and oxygen atoms in total. The van der Waals surface area contributed by atoms with E-state index < -0.39 is 0 Å². The molecule has 0 spiro atoms. The molecule has 20 heavy (non-hydrogen) atoms. The highest BCUT2D eigenvalue weighted by Crippen LogP contribution is 2.27. The highest BCUT2D eigenvalue weighted by Gasteiger charge is 2.09. The van der Waals surface area contributed by atoms with Gasteiger partial charge in [0.15, 0.2) is 0 Å². The standard InChI is InChI=1S/C16H17Cl2NO/c1-19(11-12-4-3-5-15(8-12)20-2)16-9-14(18)7-6-13(16)10-17/h3-9H,10-11H2,1-2H3. The summed E-state index contributed by atoms with van der Waals surface area (Å²) in [7, 11) is 3.70. The maximum Gasteiger partial charge on any atom is 0.119 e. The van der Waals surface area contributed by atoms with E-state index in [1.54, 1.807) is 7.11 Å². The minimum absolute atomic E-state index is 0.467. The van der Waals surface area contributed by atoms with Crippen molar-refractivity contribution >= 4 is 28.9 Å². The van der Waals surface area contributed by atoms with Gasteiger partial charge in [0.05, 0.1) is 7.11 Å². The van der Waals surface area contributed by atoms with Crippen LogP contribution in [0.3, 0.4) is 0 Å². The van der Waals surface area contributed by atoms with Crippen molar-refractivity contribution in [2.24, 2.45) is 0 Å². The van der Waals surface area contributed by atoms with Crippen molar-refractivity contribution in [3.63, 3.8) is 0 Å². The van der Waals surface area contributed by atoms with Crippen molar-refractivity contribution in [3.05, 3.63) is 58.6 Å². The van der Waals surface area contributed by atoms with Gasteiger partial charge in [0, 0.05) is 30.2 Å². The number of hydrogen-bond acceptors (Lipinski definition) is 2. The van der Waals surface area contributed by atoms with Gasteiger partial charge in [-0.2, -0.15) is 0 Å². The highest BCUT2D eigenvalue weighted by atomic mass is 35.5. The molecule has 4 heteroatoms. The second-order valence-electron chi connectivity index (χ2n) is 4.61. The molecule has 0 saturated carbocycles. The SMILES string of the molecule is COc1cccc(CN(C)c2cc(Cl)ccc2CCl)c1. The van der Waals surface area contributed by atoms with Crippen LogP contribution in [0.1, 0.15) is 11.1 Å². The van der Waals surface area contributed by atoms with Crippen molar-refractivity contribution in [1.29, 1.82) is 0 Å². The molecule has 2 aromatic rings. The average molecular weight is 310 g/mol. The molecule has 2 aromatic carbocycles. The first-order valence-electron chi connectivity index (χ1n) is 6.32. The third kappa shape index (κ3) is 3.59. The fourth-order valence-electron chi connectivity index (χ4n) is 2.14. The molecule has 0 saturated heterocycles. The quantitative estimate of drug-likeness (QED) is 0.741. The van der Waals surface area contributed by atoms with Crippen LogP contribution in [0, 0.1) is 0 Å². The third-order valence-electron chi connectivity index (χ3n) is 3.16. The number of rotatable bonds is 5. The Morgan fingerprint density at radius 3 is 2.65 bits per heavy atom. The molecule has 0 aliphatic carbocycles. The van der Waals surface area contributed by atoms with Gasteiger partial charge < -0.3 is 9.64 Å². The maximum absolute atomic E-state index is 6.08. The molecule has 0 aliphatic rings. The second-order valence-corrected chi connectivity index (χ2v) is 5.32. The number of ether oxygens (including phenoxy) is 1. The zero-order valence-electron chi connectivity index (χ0n) is 11.6. The monoisotopic (exact) mass is 309 g/mol. The van der Waals surface area contributed by atoms with E-state index >= 15 is 0 Å². The molecule has 0 radical (unpaired) electrons. The van der Waals surface area contributed by atoms with Gasteiger partial charge in [-0.05, 0) is 35.4 Å². The van der Waals surface area contributed by atoms with Crippen LogP contribution in [0.5, 0.6) is 5.75 Å². The zero-order chi connectivity index (χ0) is 14.5. The van der Waals surface area contributed by atoms with E-state index in [2.05, 4.69) is 11.0 Å². The number of anilines is 1. The van der Waals surface area contributed by atoms with Gasteiger partial charge in [0.2, 0.25) is 0 Å². The number of halogens is 2. The van der Waals surface area contributed by atoms with Crippen molar-refractivity contribution in [1.82, 2.24) is 0 Å². The minimum atomic E-state index is 0.467. The van der Waals surface area contributed by atoms with Crippen molar-refractivity contribution < 1.29 is 4.74 Å². The van der Waals surface area contributed by atoms with E-state index in [0.29, 0.717) is 10.9 Å². The molecule has 0 fully saturated rings. The van der Waals surface area contributed by atoms with Crippen LogP contribution in [0.15, 0.2) is 42.5 Å². The summed E-state index contributed by atoms with van der Waals surface area (Å²) in [6.45, 7) is 0.765. The summed E-state index contributed by atoms with van der Waals surface area (Å²) in [6.07, 6.45) is 0. The van der Waals surface area contributed by atoms with Gasteiger partial charge in [-0.25, -0.2) is 0 Å². The summed E-state index contributed by atoms with van der Waals surface area (Å²) in [4.78, 5) is 2.14. The Hall–Kier alpha value is -1.38. The molecule has 106 valence electrons. The molecule has 0 heterocycles. The van der Waals surface area contributed by atoms with Crippen LogP contribution in [-0.2, 0) is 12.4 Å². The van der Waals surface area contributed by atoms with Crippen molar-refractivity contribution in [2.45, 2.75) is 12.4 Å². The lowest BCUT2D eigenvalue weighted by Crippen LogP contribution is -2.17. The molecule has 0 aromatic heterocycles. The first-order chi connectivity index (χ1) is 9.63. The Kier molecular flexibility index (Phi) is 5.16. The van der Waals surface area contributed by atoms with E-state index in [1.165, 1.54) is 5.56 Å². The Bertz CT molecular complexity index is 586. The summed E-state index contributed by atoms with van der Waals surface area (Å²) in [5.74, 6) is 1.33. The van der Waals surface area contributed by atoms with Crippen molar-refractivity contribution in [3.8, 4) is 5.75 Å². The number of nitrogens with zero attached hydrogens (tertiary/aromatic N) is 1. The van der Waals surface area contributed by atoms with Crippen LogP contribution in [-0.4, -0.2) is 14.2 Å². The van der Waals surface area contributed by atoms with Gasteiger partial charge in [-0.1, -0.05) is 29.8 Å². The molecule has 0 unspecified atom stereocenters. The number of alkyl halides is 1. The lowest BCUT2D eigenvalue weighted by molar-refractivity contribution is 0.414. The van der Waals surface area contributed by atoms with Gasteiger partial charge in [-0.3, -0.25) is 0 Å². The van der Waals surface area contributed by atoms with Crippen LogP contribution >= 0.6 is 23.2 Å². The largest absolute Gasteiger partial charge is 0.497 e. The van der Waals surface area contributed by atoms with E-state index in [-0.39, 0.29) is 0 Å². The summed E-state index contributed by atoms with van der Waals surface area (Å²) in [6, 6.07) is 13.8. The zero-order valence-corrected chi connectivity index (χ0v) is 13.1. The Labute approximate surface area is 129 Å². The summed E-state index contributed by atoms with van der Waals surface area (Å²) in [5.41, 5.74) is 3.30. The molecular formula is C16H17Cl2NO. The smallest absolute Gasteiger partial charge is 0.119 e. The molecular weight excluding hydrogens is 293 g/mol. The molecule has 0 aliphatic heterocycles. The van der Waals surface area contributed by atoms with Crippen molar-refractivity contribution in [2.75, 3.05) is 19.1 Å². The van der Waals surface area contributed by atoms with E-state index in [4.69, 9.17) is 27.9 Å². The molecule has 0 amide bonds. The predicted octanol–water partition coefficient (Wildman–Crippen LogP) is 4.72. The summed E-state index contributed by atoms with van der Waals surface area (Å²) >= 11 is 12.1. The molecule has 0 bridgehead atoms. The Balaban J connectivity index is 2.23. The maximum atomic E-state index is 6.08. The summed E-state index contributed by atoms with van der Waals surface area (Å²) in [5, 5.41) is 0.714. The van der Waals surface area contributed by atoms with E-state index in [0.717, 1.165) is 23.5 Å². The first kappa shape index (κ1) is 15.0. The van der Waals surface area contributed by atoms with Gasteiger partial charge >= 0.3 is 0 Å². The molecule has 0 atom stereocenters. The Morgan fingerprint density at radius 2 is 1.95 bits per heavy atom.